The van der Waals surface area contributed by atoms with Crippen molar-refractivity contribution in [1.29, 1.82) is 0 Å². The number of nitrogens with one attached hydrogen (secondary N) is 2. The quantitative estimate of drug-likeness (QED) is 0.673. The van der Waals surface area contributed by atoms with E-state index in [0.29, 0.717) is 25.4 Å². The smallest absolute Gasteiger partial charge is 0.315 e. The van der Waals surface area contributed by atoms with Crippen LogP contribution in [-0.2, 0) is 11.3 Å². The maximum absolute atomic E-state index is 12.4. The van der Waals surface area contributed by atoms with Crippen molar-refractivity contribution >= 4 is 11.9 Å². The standard InChI is InChI=1S/C22H34N4O2/c23-20(27)22(13-6-2-7-14-22)25-21(28)24-15-12-19-11-5-8-16-26(19)17-18-9-3-1-4-10-18/h1,3-4,9-10,19H,2,5-8,11-17H2,(H2,23,27)(H2,24,25,28)/t19-/m0/s1. The molecule has 1 heterocycles. The fourth-order valence-electron chi connectivity index (χ4n) is 4.62. The first-order valence-electron chi connectivity index (χ1n) is 10.7. The molecule has 1 aliphatic heterocycles. The lowest BCUT2D eigenvalue weighted by molar-refractivity contribution is -0.125. The van der Waals surface area contributed by atoms with E-state index >= 15 is 0 Å². The zero-order chi connectivity index (χ0) is 19.8. The predicted octanol–water partition coefficient (Wildman–Crippen LogP) is 2.92. The average Bonchev–Trinajstić information content (AvgIpc) is 2.70. The summed E-state index contributed by atoms with van der Waals surface area (Å²) in [6, 6.07) is 10.8. The van der Waals surface area contributed by atoms with E-state index in [-0.39, 0.29) is 6.03 Å². The number of urea groups is 1. The number of amides is 3. The molecule has 2 fully saturated rings. The molecule has 0 spiro atoms. The van der Waals surface area contributed by atoms with Gasteiger partial charge in [-0.3, -0.25) is 9.69 Å². The van der Waals surface area contributed by atoms with E-state index in [1.165, 1.54) is 24.8 Å². The normalized spacial score (nSPS) is 22.4. The molecule has 0 bridgehead atoms. The zero-order valence-corrected chi connectivity index (χ0v) is 16.8. The minimum atomic E-state index is -0.869. The van der Waals surface area contributed by atoms with Gasteiger partial charge in [-0.25, -0.2) is 4.79 Å². The van der Waals surface area contributed by atoms with Crippen molar-refractivity contribution < 1.29 is 9.59 Å². The SMILES string of the molecule is NC(=O)C1(NC(=O)NCC[C@@H]2CCCCN2Cc2ccccc2)CCCCC1. The third-order valence-corrected chi connectivity index (χ3v) is 6.27. The minimum absolute atomic E-state index is 0.272. The van der Waals surface area contributed by atoms with Crippen LogP contribution in [0.1, 0.15) is 63.4 Å². The molecule has 3 rings (SSSR count). The summed E-state index contributed by atoms with van der Waals surface area (Å²) in [6.45, 7) is 2.68. The second-order valence-corrected chi connectivity index (χ2v) is 8.28. The van der Waals surface area contributed by atoms with Gasteiger partial charge < -0.3 is 16.4 Å². The molecule has 1 saturated heterocycles. The molecule has 3 amide bonds. The Morgan fingerprint density at radius 2 is 1.82 bits per heavy atom. The highest BCUT2D eigenvalue weighted by Crippen LogP contribution is 2.28. The Labute approximate surface area is 168 Å². The van der Waals surface area contributed by atoms with Crippen LogP contribution >= 0.6 is 0 Å². The summed E-state index contributed by atoms with van der Waals surface area (Å²) in [5.74, 6) is -0.413. The van der Waals surface area contributed by atoms with Gasteiger partial charge in [-0.05, 0) is 44.2 Å². The number of carbonyl (C=O) groups is 2. The number of likely N-dealkylation sites (tertiary alicyclic amines) is 1. The van der Waals surface area contributed by atoms with Gasteiger partial charge in [-0.15, -0.1) is 0 Å². The molecule has 1 atom stereocenters. The number of hydrogen-bond acceptors (Lipinski definition) is 3. The average molecular weight is 387 g/mol. The molecule has 0 unspecified atom stereocenters. The number of carbonyl (C=O) groups excluding carboxylic acids is 2. The molecule has 0 radical (unpaired) electrons. The molecule has 6 nitrogen and oxygen atoms in total. The maximum Gasteiger partial charge on any atom is 0.315 e. The molecule has 28 heavy (non-hydrogen) atoms. The van der Waals surface area contributed by atoms with E-state index in [1.807, 2.05) is 6.07 Å². The highest BCUT2D eigenvalue weighted by Gasteiger charge is 2.39. The summed E-state index contributed by atoms with van der Waals surface area (Å²) >= 11 is 0. The number of nitrogens with zero attached hydrogens (tertiary/aromatic N) is 1. The lowest BCUT2D eigenvalue weighted by atomic mass is 9.81. The van der Waals surface area contributed by atoms with Gasteiger partial charge in [0.05, 0.1) is 0 Å². The summed E-state index contributed by atoms with van der Waals surface area (Å²) in [7, 11) is 0. The van der Waals surface area contributed by atoms with Crippen LogP contribution in [0.3, 0.4) is 0 Å². The van der Waals surface area contributed by atoms with Crippen LogP contribution in [0.5, 0.6) is 0 Å². The lowest BCUT2D eigenvalue weighted by Crippen LogP contribution is -2.60. The number of nitrogens with two attached hydrogens (primary N) is 1. The second kappa shape index (κ2) is 9.92. The summed E-state index contributed by atoms with van der Waals surface area (Å²) in [5, 5.41) is 5.84. The Bertz CT molecular complexity index is 643. The van der Waals surface area contributed by atoms with Gasteiger partial charge in [0.25, 0.3) is 0 Å². The van der Waals surface area contributed by atoms with Gasteiger partial charge >= 0.3 is 6.03 Å². The zero-order valence-electron chi connectivity index (χ0n) is 16.8. The number of primary amides is 1. The van der Waals surface area contributed by atoms with E-state index in [9.17, 15) is 9.59 Å². The van der Waals surface area contributed by atoms with Gasteiger partial charge in [-0.2, -0.15) is 0 Å². The van der Waals surface area contributed by atoms with E-state index in [0.717, 1.165) is 38.8 Å². The van der Waals surface area contributed by atoms with Crippen LogP contribution < -0.4 is 16.4 Å². The van der Waals surface area contributed by atoms with E-state index in [2.05, 4.69) is 39.8 Å². The lowest BCUT2D eigenvalue weighted by Gasteiger charge is -2.36. The van der Waals surface area contributed by atoms with Crippen molar-refractivity contribution in [3.05, 3.63) is 35.9 Å². The molecule has 1 aromatic carbocycles. The molecular formula is C22H34N4O2. The Hall–Kier alpha value is -2.08. The third-order valence-electron chi connectivity index (χ3n) is 6.27. The van der Waals surface area contributed by atoms with Crippen LogP contribution in [0.2, 0.25) is 0 Å². The highest BCUT2D eigenvalue weighted by molar-refractivity contribution is 5.90. The molecule has 0 aromatic heterocycles. The highest BCUT2D eigenvalue weighted by atomic mass is 16.2. The Kier molecular flexibility index (Phi) is 7.31. The van der Waals surface area contributed by atoms with Gasteiger partial charge in [-0.1, -0.05) is 56.0 Å². The van der Waals surface area contributed by atoms with E-state index in [4.69, 9.17) is 5.73 Å². The molecule has 1 aliphatic carbocycles. The summed E-state index contributed by atoms with van der Waals surface area (Å²) in [5.41, 5.74) is 6.06. The summed E-state index contributed by atoms with van der Waals surface area (Å²) in [4.78, 5) is 26.8. The van der Waals surface area contributed by atoms with Crippen molar-refractivity contribution in [2.45, 2.75) is 75.9 Å². The first-order chi connectivity index (χ1) is 13.6. The van der Waals surface area contributed by atoms with Gasteiger partial charge in [0.1, 0.15) is 5.54 Å². The molecule has 6 heteroatoms. The van der Waals surface area contributed by atoms with Crippen LogP contribution in [0.4, 0.5) is 4.79 Å². The number of benzene rings is 1. The van der Waals surface area contributed by atoms with Crippen LogP contribution in [0.15, 0.2) is 30.3 Å². The fourth-order valence-corrected chi connectivity index (χ4v) is 4.62. The van der Waals surface area contributed by atoms with Gasteiger partial charge in [0.15, 0.2) is 0 Å². The Morgan fingerprint density at radius 3 is 2.54 bits per heavy atom. The van der Waals surface area contributed by atoms with Crippen molar-refractivity contribution in [3.8, 4) is 0 Å². The van der Waals surface area contributed by atoms with Crippen LogP contribution in [-0.4, -0.2) is 41.5 Å². The molecule has 4 N–H and O–H groups in total. The largest absolute Gasteiger partial charge is 0.368 e. The molecular weight excluding hydrogens is 352 g/mol. The van der Waals surface area contributed by atoms with E-state index in [1.54, 1.807) is 0 Å². The van der Waals surface area contributed by atoms with E-state index < -0.39 is 11.4 Å². The maximum atomic E-state index is 12.4. The first kappa shape index (κ1) is 20.6. The Balaban J connectivity index is 1.47. The minimum Gasteiger partial charge on any atom is -0.368 e. The molecule has 154 valence electrons. The van der Waals surface area contributed by atoms with Crippen molar-refractivity contribution in [1.82, 2.24) is 15.5 Å². The fraction of sp³-hybridized carbons (Fsp3) is 0.636. The predicted molar refractivity (Wildman–Crippen MR) is 111 cm³/mol. The monoisotopic (exact) mass is 386 g/mol. The van der Waals surface area contributed by atoms with Gasteiger partial charge in [0, 0.05) is 19.1 Å². The van der Waals surface area contributed by atoms with Crippen molar-refractivity contribution in [2.24, 2.45) is 5.73 Å². The number of piperidine rings is 1. The third kappa shape index (κ3) is 5.47. The Morgan fingerprint density at radius 1 is 1.07 bits per heavy atom. The number of rotatable bonds is 7. The molecule has 2 aliphatic rings. The van der Waals surface area contributed by atoms with Crippen LogP contribution in [0.25, 0.3) is 0 Å². The molecule has 1 saturated carbocycles. The van der Waals surface area contributed by atoms with Crippen molar-refractivity contribution in [3.63, 3.8) is 0 Å². The molecule has 1 aromatic rings. The summed E-state index contributed by atoms with van der Waals surface area (Å²) in [6.07, 6.45) is 8.81. The van der Waals surface area contributed by atoms with Crippen molar-refractivity contribution in [2.75, 3.05) is 13.1 Å². The topological polar surface area (TPSA) is 87.5 Å². The first-order valence-corrected chi connectivity index (χ1v) is 10.7. The van der Waals surface area contributed by atoms with Gasteiger partial charge in [0.2, 0.25) is 5.91 Å². The second-order valence-electron chi connectivity index (χ2n) is 8.28. The summed E-state index contributed by atoms with van der Waals surface area (Å²) < 4.78 is 0. The number of hydrogen-bond donors (Lipinski definition) is 3. The van der Waals surface area contributed by atoms with Crippen LogP contribution in [0, 0.1) is 0 Å².